The summed E-state index contributed by atoms with van der Waals surface area (Å²) in [6.07, 6.45) is 3.90. The first-order valence-electron chi connectivity index (χ1n) is 7.92. The number of benzene rings is 1. The first-order chi connectivity index (χ1) is 10.1. The van der Waals surface area contributed by atoms with Gasteiger partial charge >= 0.3 is 0 Å². The average Bonchev–Trinajstić information content (AvgIpc) is 3.31. The third-order valence-electron chi connectivity index (χ3n) is 5.05. The van der Waals surface area contributed by atoms with Crippen molar-refractivity contribution in [2.45, 2.75) is 44.7 Å². The van der Waals surface area contributed by atoms with Crippen LogP contribution in [-0.2, 0) is 0 Å². The topological polar surface area (TPSA) is 24.5 Å². The van der Waals surface area contributed by atoms with E-state index in [-0.39, 0.29) is 5.54 Å². The maximum absolute atomic E-state index is 5.43. The smallest absolute Gasteiger partial charge is 0.122 e. The summed E-state index contributed by atoms with van der Waals surface area (Å²) in [6.45, 7) is 6.81. The largest absolute Gasteiger partial charge is 0.497 e. The molecule has 0 radical (unpaired) electrons. The molecule has 1 aliphatic heterocycles. The van der Waals surface area contributed by atoms with Crippen molar-refractivity contribution >= 4 is 21.6 Å². The maximum Gasteiger partial charge on any atom is 0.122 e. The molecule has 1 saturated heterocycles. The molecule has 2 aliphatic rings. The van der Waals surface area contributed by atoms with Crippen LogP contribution in [0.1, 0.15) is 33.1 Å². The fourth-order valence-corrected chi connectivity index (χ4v) is 3.95. The molecule has 0 spiro atoms. The monoisotopic (exact) mass is 352 g/mol. The Bertz CT molecular complexity index is 518. The third kappa shape index (κ3) is 3.07. The second-order valence-electron chi connectivity index (χ2n) is 6.61. The van der Waals surface area contributed by atoms with Gasteiger partial charge in [-0.3, -0.25) is 0 Å². The van der Waals surface area contributed by atoms with E-state index in [0.717, 1.165) is 35.7 Å². The van der Waals surface area contributed by atoms with Crippen LogP contribution in [-0.4, -0.2) is 31.8 Å². The zero-order chi connectivity index (χ0) is 15.0. The molecule has 1 aliphatic carbocycles. The molecule has 3 nitrogen and oxygen atoms in total. The van der Waals surface area contributed by atoms with Crippen LogP contribution in [0.15, 0.2) is 22.7 Å². The molecule has 1 aromatic rings. The number of hydrogen-bond donors (Lipinski definition) is 1. The first kappa shape index (κ1) is 15.2. The number of rotatable bonds is 4. The van der Waals surface area contributed by atoms with Crippen molar-refractivity contribution in [1.29, 1.82) is 0 Å². The molecule has 0 aromatic heterocycles. The van der Waals surface area contributed by atoms with Crippen molar-refractivity contribution in [2.75, 3.05) is 25.1 Å². The molecule has 0 bridgehead atoms. The van der Waals surface area contributed by atoms with Gasteiger partial charge < -0.3 is 15.0 Å². The Balaban J connectivity index is 1.90. The van der Waals surface area contributed by atoms with Crippen LogP contribution in [0.2, 0.25) is 0 Å². The third-order valence-corrected chi connectivity index (χ3v) is 5.51. The lowest BCUT2D eigenvalue weighted by molar-refractivity contribution is 0.252. The Hall–Kier alpha value is -0.740. The standard InChI is InChI=1S/C17H25BrN2O/c1-4-14-10-19-17(2,12-5-6-12)11-20(14)15-7-13(18)8-16(9-15)21-3/h7-9,12,14,19H,4-6,10-11H2,1-3H3. The molecule has 1 N–H and O–H groups in total. The second-order valence-corrected chi connectivity index (χ2v) is 7.53. The zero-order valence-corrected chi connectivity index (χ0v) is 14.7. The minimum absolute atomic E-state index is 0.251. The van der Waals surface area contributed by atoms with Gasteiger partial charge in [-0.15, -0.1) is 0 Å². The van der Waals surface area contributed by atoms with Crippen molar-refractivity contribution in [3.05, 3.63) is 22.7 Å². The lowest BCUT2D eigenvalue weighted by Gasteiger charge is -2.48. The molecular formula is C17H25BrN2O. The summed E-state index contributed by atoms with van der Waals surface area (Å²) in [5.41, 5.74) is 1.52. The normalized spacial score (nSPS) is 29.5. The predicted octanol–water partition coefficient (Wildman–Crippen LogP) is 3.81. The Labute approximate surface area is 136 Å². The van der Waals surface area contributed by atoms with Gasteiger partial charge in [-0.2, -0.15) is 0 Å². The van der Waals surface area contributed by atoms with E-state index < -0.39 is 0 Å². The number of halogens is 1. The van der Waals surface area contributed by atoms with Crippen molar-refractivity contribution in [2.24, 2.45) is 5.92 Å². The van der Waals surface area contributed by atoms with E-state index in [4.69, 9.17) is 4.74 Å². The Morgan fingerprint density at radius 1 is 1.38 bits per heavy atom. The second kappa shape index (κ2) is 5.81. The van der Waals surface area contributed by atoms with Crippen LogP contribution in [0.25, 0.3) is 0 Å². The van der Waals surface area contributed by atoms with Gasteiger partial charge in [-0.1, -0.05) is 22.9 Å². The summed E-state index contributed by atoms with van der Waals surface area (Å²) < 4.78 is 6.52. The summed E-state index contributed by atoms with van der Waals surface area (Å²) in [5.74, 6) is 1.76. The molecular weight excluding hydrogens is 328 g/mol. The van der Waals surface area contributed by atoms with Crippen LogP contribution in [0, 0.1) is 5.92 Å². The quantitative estimate of drug-likeness (QED) is 0.891. The van der Waals surface area contributed by atoms with E-state index in [1.54, 1.807) is 7.11 Å². The van der Waals surface area contributed by atoms with Crippen molar-refractivity contribution in [3.63, 3.8) is 0 Å². The Kier molecular flexibility index (Phi) is 4.19. The highest BCUT2D eigenvalue weighted by Gasteiger charge is 2.45. The molecule has 2 unspecified atom stereocenters. The molecule has 1 aromatic carbocycles. The highest BCUT2D eigenvalue weighted by atomic mass is 79.9. The van der Waals surface area contributed by atoms with Gasteiger partial charge in [-0.25, -0.2) is 0 Å². The molecule has 1 heterocycles. The predicted molar refractivity (Wildman–Crippen MR) is 91.3 cm³/mol. The van der Waals surface area contributed by atoms with Gasteiger partial charge in [0, 0.05) is 40.9 Å². The van der Waals surface area contributed by atoms with Gasteiger partial charge in [0.25, 0.3) is 0 Å². The molecule has 2 fully saturated rings. The number of nitrogens with zero attached hydrogens (tertiary/aromatic N) is 1. The van der Waals surface area contributed by atoms with Gasteiger partial charge in [0.05, 0.1) is 7.11 Å². The van der Waals surface area contributed by atoms with Crippen LogP contribution in [0.4, 0.5) is 5.69 Å². The molecule has 116 valence electrons. The molecule has 0 amide bonds. The summed E-state index contributed by atoms with van der Waals surface area (Å²) >= 11 is 3.61. The van der Waals surface area contributed by atoms with Crippen molar-refractivity contribution in [1.82, 2.24) is 5.32 Å². The minimum Gasteiger partial charge on any atom is -0.497 e. The van der Waals surface area contributed by atoms with E-state index in [0.29, 0.717) is 6.04 Å². The van der Waals surface area contributed by atoms with Crippen molar-refractivity contribution < 1.29 is 4.74 Å². The molecule has 3 rings (SSSR count). The van der Waals surface area contributed by atoms with E-state index in [2.05, 4.69) is 52.1 Å². The Morgan fingerprint density at radius 3 is 2.76 bits per heavy atom. The van der Waals surface area contributed by atoms with E-state index in [1.165, 1.54) is 18.5 Å². The number of ether oxygens (including phenoxy) is 1. The maximum atomic E-state index is 5.43. The summed E-state index contributed by atoms with van der Waals surface area (Å²) in [5, 5.41) is 3.82. The fourth-order valence-electron chi connectivity index (χ4n) is 3.49. The molecule has 21 heavy (non-hydrogen) atoms. The average molecular weight is 353 g/mol. The summed E-state index contributed by atoms with van der Waals surface area (Å²) in [6, 6.07) is 6.94. The van der Waals surface area contributed by atoms with Crippen LogP contribution in [0.3, 0.4) is 0 Å². The fraction of sp³-hybridized carbons (Fsp3) is 0.647. The van der Waals surface area contributed by atoms with Crippen LogP contribution >= 0.6 is 15.9 Å². The number of methoxy groups -OCH3 is 1. The van der Waals surface area contributed by atoms with Gasteiger partial charge in [0.2, 0.25) is 0 Å². The van der Waals surface area contributed by atoms with E-state index in [1.807, 2.05) is 6.07 Å². The number of hydrogen-bond acceptors (Lipinski definition) is 3. The lowest BCUT2D eigenvalue weighted by atomic mass is 9.90. The lowest BCUT2D eigenvalue weighted by Crippen LogP contribution is -2.64. The zero-order valence-electron chi connectivity index (χ0n) is 13.2. The van der Waals surface area contributed by atoms with Gasteiger partial charge in [-0.05, 0) is 44.2 Å². The number of piperazine rings is 1. The van der Waals surface area contributed by atoms with Gasteiger partial charge in [0.15, 0.2) is 0 Å². The molecule has 2 atom stereocenters. The summed E-state index contributed by atoms with van der Waals surface area (Å²) in [7, 11) is 1.73. The number of anilines is 1. The minimum atomic E-state index is 0.251. The number of nitrogens with one attached hydrogen (secondary N) is 1. The highest BCUT2D eigenvalue weighted by molar-refractivity contribution is 9.10. The van der Waals surface area contributed by atoms with E-state index >= 15 is 0 Å². The molecule has 4 heteroatoms. The highest BCUT2D eigenvalue weighted by Crippen LogP contribution is 2.42. The van der Waals surface area contributed by atoms with Crippen LogP contribution in [0.5, 0.6) is 5.75 Å². The van der Waals surface area contributed by atoms with Crippen molar-refractivity contribution in [3.8, 4) is 5.75 Å². The summed E-state index contributed by atoms with van der Waals surface area (Å²) in [4.78, 5) is 2.57. The molecule has 1 saturated carbocycles. The van der Waals surface area contributed by atoms with E-state index in [9.17, 15) is 0 Å². The van der Waals surface area contributed by atoms with Crippen LogP contribution < -0.4 is 15.0 Å². The first-order valence-corrected chi connectivity index (χ1v) is 8.71. The Morgan fingerprint density at radius 2 is 2.14 bits per heavy atom. The van der Waals surface area contributed by atoms with Gasteiger partial charge in [0.1, 0.15) is 5.75 Å². The SMILES string of the molecule is CCC1CNC(C)(C2CC2)CN1c1cc(Br)cc(OC)c1.